The van der Waals surface area contributed by atoms with Crippen LogP contribution >= 0.6 is 0 Å². The van der Waals surface area contributed by atoms with Crippen molar-refractivity contribution in [2.45, 2.75) is 0 Å². The molecule has 0 saturated heterocycles. The SMILES string of the molecule is c1cc(-c2ccc3ccccc3c2)cc(-c2c3ccccc3c(-c3cc4ccc5ccccc5c4c4ccccc34)c3ccccc23)c1. The maximum atomic E-state index is 2.43. The molecule has 0 nitrogen and oxygen atoms in total. The quantitative estimate of drug-likeness (QED) is 0.139. The van der Waals surface area contributed by atoms with Gasteiger partial charge in [0.05, 0.1) is 0 Å². The van der Waals surface area contributed by atoms with Gasteiger partial charge in [0.2, 0.25) is 0 Å². The van der Waals surface area contributed by atoms with Crippen molar-refractivity contribution in [3.8, 4) is 33.4 Å². The molecule has 0 amide bonds. The van der Waals surface area contributed by atoms with Gasteiger partial charge in [-0.2, -0.15) is 0 Å². The van der Waals surface area contributed by atoms with Crippen LogP contribution in [0.1, 0.15) is 0 Å². The summed E-state index contributed by atoms with van der Waals surface area (Å²) in [6.07, 6.45) is 0. The zero-order chi connectivity index (χ0) is 31.6. The minimum absolute atomic E-state index is 1.23. The molecule has 0 aliphatic rings. The third-order valence-corrected chi connectivity index (χ3v) is 10.2. The van der Waals surface area contributed by atoms with Crippen LogP contribution in [0.2, 0.25) is 0 Å². The van der Waals surface area contributed by atoms with Gasteiger partial charge in [-0.05, 0) is 116 Å². The number of benzene rings is 10. The van der Waals surface area contributed by atoms with E-state index >= 15 is 0 Å². The van der Waals surface area contributed by atoms with E-state index < -0.39 is 0 Å². The van der Waals surface area contributed by atoms with E-state index in [0.29, 0.717) is 0 Å². The van der Waals surface area contributed by atoms with Crippen LogP contribution in [0.15, 0.2) is 182 Å². The van der Waals surface area contributed by atoms with Crippen LogP contribution < -0.4 is 0 Å². The molecular formula is C48H30. The van der Waals surface area contributed by atoms with Gasteiger partial charge >= 0.3 is 0 Å². The van der Waals surface area contributed by atoms with E-state index in [1.54, 1.807) is 0 Å². The van der Waals surface area contributed by atoms with Crippen LogP contribution in [0.5, 0.6) is 0 Å². The third kappa shape index (κ3) is 4.10. The predicted octanol–water partition coefficient (Wildman–Crippen LogP) is 13.6. The molecule has 0 bridgehead atoms. The molecule has 10 rings (SSSR count). The number of rotatable bonds is 3. The molecule has 0 fully saturated rings. The average molecular weight is 607 g/mol. The lowest BCUT2D eigenvalue weighted by molar-refractivity contribution is 1.63. The molecule has 0 aromatic heterocycles. The van der Waals surface area contributed by atoms with Crippen molar-refractivity contribution < 1.29 is 0 Å². The Morgan fingerprint density at radius 2 is 0.729 bits per heavy atom. The Labute approximate surface area is 279 Å². The Kier molecular flexibility index (Phi) is 5.98. The Hall–Kier alpha value is -6.24. The minimum atomic E-state index is 1.23. The van der Waals surface area contributed by atoms with Crippen LogP contribution in [-0.4, -0.2) is 0 Å². The average Bonchev–Trinajstić information content (AvgIpc) is 3.16. The molecule has 10 aromatic carbocycles. The second-order valence-electron chi connectivity index (χ2n) is 12.8. The van der Waals surface area contributed by atoms with E-state index in [0.717, 1.165) is 0 Å². The molecule has 0 aliphatic carbocycles. The molecule has 48 heavy (non-hydrogen) atoms. The Morgan fingerprint density at radius 3 is 1.46 bits per heavy atom. The first kappa shape index (κ1) is 26.9. The molecule has 0 N–H and O–H groups in total. The lowest BCUT2D eigenvalue weighted by Gasteiger charge is -2.20. The fourth-order valence-electron chi connectivity index (χ4n) is 8.04. The lowest BCUT2D eigenvalue weighted by Crippen LogP contribution is -1.93. The van der Waals surface area contributed by atoms with E-state index in [1.165, 1.54) is 98.0 Å². The molecule has 0 spiro atoms. The molecule has 222 valence electrons. The maximum Gasteiger partial charge on any atom is -0.00199 e. The molecule has 0 unspecified atom stereocenters. The van der Waals surface area contributed by atoms with Crippen molar-refractivity contribution in [1.29, 1.82) is 0 Å². The lowest BCUT2D eigenvalue weighted by atomic mass is 9.83. The summed E-state index contributed by atoms with van der Waals surface area (Å²) in [6, 6.07) is 67.1. The van der Waals surface area contributed by atoms with Gasteiger partial charge < -0.3 is 0 Å². The summed E-state index contributed by atoms with van der Waals surface area (Å²) < 4.78 is 0. The highest BCUT2D eigenvalue weighted by molar-refractivity contribution is 6.28. The molecule has 0 atom stereocenters. The van der Waals surface area contributed by atoms with Crippen LogP contribution in [0, 0.1) is 0 Å². The normalized spacial score (nSPS) is 11.8. The standard InChI is InChI=1S/C48H30/c1-2-14-33-28-35(26-24-31(33)12-1)34-15-11-16-36(29-34)47-41-20-7-9-22-43(41)48(44-23-10-8-21-42(44)47)45-30-37-27-25-32-13-3-4-17-38(32)46(37)40-19-6-5-18-39(40)45/h1-30H. The second kappa shape index (κ2) is 10.7. The zero-order valence-electron chi connectivity index (χ0n) is 26.3. The second-order valence-corrected chi connectivity index (χ2v) is 12.8. The third-order valence-electron chi connectivity index (χ3n) is 10.2. The Balaban J connectivity index is 1.27. The van der Waals surface area contributed by atoms with E-state index in [2.05, 4.69) is 182 Å². The van der Waals surface area contributed by atoms with Gasteiger partial charge in [-0.3, -0.25) is 0 Å². The monoisotopic (exact) mass is 606 g/mol. The first-order chi connectivity index (χ1) is 23.8. The van der Waals surface area contributed by atoms with Gasteiger partial charge in [0.25, 0.3) is 0 Å². The molecule has 0 heterocycles. The molecule has 0 heteroatoms. The molecule has 10 aromatic rings. The fraction of sp³-hybridized carbons (Fsp3) is 0. The summed E-state index contributed by atoms with van der Waals surface area (Å²) in [4.78, 5) is 0. The number of fused-ring (bicyclic) bond motifs is 8. The van der Waals surface area contributed by atoms with Gasteiger partial charge in [-0.1, -0.05) is 164 Å². The van der Waals surface area contributed by atoms with Crippen LogP contribution in [0.4, 0.5) is 0 Å². The number of hydrogen-bond acceptors (Lipinski definition) is 0. The molecule has 0 saturated carbocycles. The van der Waals surface area contributed by atoms with Crippen molar-refractivity contribution in [1.82, 2.24) is 0 Å². The summed E-state index contributed by atoms with van der Waals surface area (Å²) >= 11 is 0. The van der Waals surface area contributed by atoms with Gasteiger partial charge in [-0.25, -0.2) is 0 Å². The fourth-order valence-corrected chi connectivity index (χ4v) is 8.04. The van der Waals surface area contributed by atoms with E-state index in [-0.39, 0.29) is 0 Å². The van der Waals surface area contributed by atoms with Crippen molar-refractivity contribution in [3.63, 3.8) is 0 Å². The topological polar surface area (TPSA) is 0 Å². The van der Waals surface area contributed by atoms with Crippen LogP contribution in [0.3, 0.4) is 0 Å². The van der Waals surface area contributed by atoms with Gasteiger partial charge in [0.1, 0.15) is 0 Å². The highest BCUT2D eigenvalue weighted by Gasteiger charge is 2.19. The van der Waals surface area contributed by atoms with Crippen molar-refractivity contribution in [2.75, 3.05) is 0 Å². The van der Waals surface area contributed by atoms with E-state index in [4.69, 9.17) is 0 Å². The Morgan fingerprint density at radius 1 is 0.229 bits per heavy atom. The van der Waals surface area contributed by atoms with Crippen molar-refractivity contribution in [3.05, 3.63) is 182 Å². The Bertz CT molecular complexity index is 2830. The molecular weight excluding hydrogens is 577 g/mol. The largest absolute Gasteiger partial charge is 0.0616 e. The predicted molar refractivity (Wildman–Crippen MR) is 208 cm³/mol. The highest BCUT2D eigenvalue weighted by Crippen LogP contribution is 2.47. The summed E-state index contributed by atoms with van der Waals surface area (Å²) in [6.45, 7) is 0. The highest BCUT2D eigenvalue weighted by atomic mass is 14.2. The minimum Gasteiger partial charge on any atom is -0.0616 e. The molecule has 0 aliphatic heterocycles. The van der Waals surface area contributed by atoms with Crippen molar-refractivity contribution in [2.24, 2.45) is 0 Å². The summed E-state index contributed by atoms with van der Waals surface area (Å²) in [5.41, 5.74) is 7.54. The first-order valence-electron chi connectivity index (χ1n) is 16.7. The molecule has 0 radical (unpaired) electrons. The summed E-state index contributed by atoms with van der Waals surface area (Å²) in [5.74, 6) is 0. The van der Waals surface area contributed by atoms with Crippen molar-refractivity contribution >= 4 is 64.6 Å². The van der Waals surface area contributed by atoms with E-state index in [9.17, 15) is 0 Å². The smallest absolute Gasteiger partial charge is 0.00199 e. The van der Waals surface area contributed by atoms with Gasteiger partial charge in [0, 0.05) is 0 Å². The van der Waals surface area contributed by atoms with Gasteiger partial charge in [0.15, 0.2) is 0 Å². The maximum absolute atomic E-state index is 2.43. The first-order valence-corrected chi connectivity index (χ1v) is 16.7. The van der Waals surface area contributed by atoms with Crippen LogP contribution in [0.25, 0.3) is 98.0 Å². The summed E-state index contributed by atoms with van der Waals surface area (Å²) in [5, 5.41) is 15.3. The van der Waals surface area contributed by atoms with Crippen LogP contribution in [-0.2, 0) is 0 Å². The van der Waals surface area contributed by atoms with E-state index in [1.807, 2.05) is 0 Å². The summed E-state index contributed by atoms with van der Waals surface area (Å²) in [7, 11) is 0. The van der Waals surface area contributed by atoms with Gasteiger partial charge in [-0.15, -0.1) is 0 Å². The number of hydrogen-bond donors (Lipinski definition) is 0. The zero-order valence-corrected chi connectivity index (χ0v) is 26.3.